The Kier molecular flexibility index (Phi) is 4.49. The summed E-state index contributed by atoms with van der Waals surface area (Å²) in [5.74, 6) is -1.47. The van der Waals surface area contributed by atoms with Gasteiger partial charge in [-0.1, -0.05) is 72.3 Å². The molecule has 4 nitrogen and oxygen atoms in total. The zero-order chi connectivity index (χ0) is 20.9. The summed E-state index contributed by atoms with van der Waals surface area (Å²) in [6.45, 7) is 0.231. The number of rotatable bonds is 3. The topological polar surface area (TPSA) is 57.6 Å². The van der Waals surface area contributed by atoms with Crippen molar-refractivity contribution in [3.05, 3.63) is 100 Å². The molecule has 0 saturated carbocycles. The summed E-state index contributed by atoms with van der Waals surface area (Å²) < 4.78 is 0. The molecule has 0 radical (unpaired) electrons. The molecule has 2 aliphatic rings. The Bertz CT molecular complexity index is 1170. The van der Waals surface area contributed by atoms with E-state index in [1.54, 1.807) is 29.2 Å². The van der Waals surface area contributed by atoms with E-state index in [0.29, 0.717) is 34.7 Å². The lowest BCUT2D eigenvalue weighted by atomic mass is 9.71. The molecule has 1 heterocycles. The van der Waals surface area contributed by atoms with E-state index < -0.39 is 17.4 Å². The lowest BCUT2D eigenvalue weighted by molar-refractivity contribution is -0.140. The zero-order valence-corrected chi connectivity index (χ0v) is 17.0. The summed E-state index contributed by atoms with van der Waals surface area (Å²) in [5, 5.41) is 12.4. The molecule has 2 atom stereocenters. The molecule has 0 aromatic heterocycles. The molecule has 0 bridgehead atoms. The molecule has 150 valence electrons. The van der Waals surface area contributed by atoms with Gasteiger partial charge in [0.2, 0.25) is 0 Å². The van der Waals surface area contributed by atoms with Gasteiger partial charge in [0, 0.05) is 16.1 Å². The van der Waals surface area contributed by atoms with Crippen LogP contribution >= 0.6 is 11.6 Å². The van der Waals surface area contributed by atoms with Gasteiger partial charge in [0.25, 0.3) is 5.91 Å². The Hall–Kier alpha value is -2.95. The van der Waals surface area contributed by atoms with E-state index in [0.717, 1.165) is 11.1 Å². The molecule has 0 fully saturated rings. The molecule has 1 aliphatic heterocycles. The predicted octanol–water partition coefficient (Wildman–Crippen LogP) is 4.52. The highest BCUT2D eigenvalue weighted by Gasteiger charge is 2.57. The number of benzene rings is 3. The highest BCUT2D eigenvalue weighted by molar-refractivity contribution is 6.31. The molecule has 3 aromatic rings. The minimum atomic E-state index is -1.89. The number of aliphatic hydroxyl groups is 1. The third-order valence-electron chi connectivity index (χ3n) is 6.27. The first-order valence-corrected chi connectivity index (χ1v) is 10.4. The van der Waals surface area contributed by atoms with Gasteiger partial charge in [-0.05, 0) is 36.1 Å². The van der Waals surface area contributed by atoms with E-state index in [1.165, 1.54) is 0 Å². The van der Waals surface area contributed by atoms with Crippen molar-refractivity contribution in [2.24, 2.45) is 5.92 Å². The molecule has 0 spiro atoms. The van der Waals surface area contributed by atoms with Gasteiger partial charge in [-0.15, -0.1) is 0 Å². The summed E-state index contributed by atoms with van der Waals surface area (Å²) in [7, 11) is 0. The lowest BCUT2D eigenvalue weighted by Gasteiger charge is -2.34. The number of Topliss-reactive ketones (excluding diaryl/α,β-unsaturated/α-hetero) is 1. The maximum Gasteiger partial charge on any atom is 0.264 e. The second-order valence-electron chi connectivity index (χ2n) is 7.88. The number of para-hydroxylation sites is 1. The first-order chi connectivity index (χ1) is 14.5. The van der Waals surface area contributed by atoms with Gasteiger partial charge in [0.05, 0.1) is 18.2 Å². The third kappa shape index (κ3) is 2.72. The van der Waals surface area contributed by atoms with Crippen molar-refractivity contribution in [2.75, 3.05) is 4.90 Å². The lowest BCUT2D eigenvalue weighted by Crippen LogP contribution is -2.49. The van der Waals surface area contributed by atoms with Crippen molar-refractivity contribution in [3.63, 3.8) is 0 Å². The number of fused-ring (bicyclic) bond motifs is 2. The summed E-state index contributed by atoms with van der Waals surface area (Å²) in [6.07, 6.45) is 1.07. The number of ketones is 1. The fraction of sp³-hybridized carbons (Fsp3) is 0.200. The molecular formula is C25H20ClNO3. The second-order valence-corrected chi connectivity index (χ2v) is 8.29. The smallest absolute Gasteiger partial charge is 0.264 e. The molecule has 3 aromatic carbocycles. The Morgan fingerprint density at radius 2 is 1.67 bits per heavy atom. The van der Waals surface area contributed by atoms with Crippen molar-refractivity contribution >= 4 is 29.0 Å². The van der Waals surface area contributed by atoms with Crippen molar-refractivity contribution in [1.29, 1.82) is 0 Å². The van der Waals surface area contributed by atoms with Gasteiger partial charge in [0.1, 0.15) is 0 Å². The van der Waals surface area contributed by atoms with Gasteiger partial charge in [0.15, 0.2) is 11.4 Å². The van der Waals surface area contributed by atoms with Crippen molar-refractivity contribution in [2.45, 2.75) is 25.0 Å². The maximum atomic E-state index is 13.6. The molecule has 5 rings (SSSR count). The molecule has 0 saturated heterocycles. The number of carbonyl (C=O) groups is 2. The Morgan fingerprint density at radius 1 is 0.967 bits per heavy atom. The monoisotopic (exact) mass is 417 g/mol. The van der Waals surface area contributed by atoms with Crippen LogP contribution in [0.5, 0.6) is 0 Å². The number of nitrogens with zero attached hydrogens (tertiary/aromatic N) is 1. The van der Waals surface area contributed by atoms with Gasteiger partial charge < -0.3 is 10.0 Å². The van der Waals surface area contributed by atoms with Crippen LogP contribution in [0.25, 0.3) is 0 Å². The average Bonchev–Trinajstić information content (AvgIpc) is 2.98. The van der Waals surface area contributed by atoms with E-state index in [2.05, 4.69) is 0 Å². The van der Waals surface area contributed by atoms with E-state index in [9.17, 15) is 14.7 Å². The van der Waals surface area contributed by atoms with E-state index in [4.69, 9.17) is 11.6 Å². The van der Waals surface area contributed by atoms with Crippen LogP contribution in [-0.2, 0) is 23.4 Å². The highest BCUT2D eigenvalue weighted by Crippen LogP contribution is 2.48. The largest absolute Gasteiger partial charge is 0.375 e. The third-order valence-corrected chi connectivity index (χ3v) is 6.64. The Balaban J connectivity index is 1.58. The van der Waals surface area contributed by atoms with Crippen molar-refractivity contribution < 1.29 is 14.7 Å². The summed E-state index contributed by atoms with van der Waals surface area (Å²) >= 11 is 6.32. The summed E-state index contributed by atoms with van der Waals surface area (Å²) in [4.78, 5) is 28.5. The Labute approximate surface area is 179 Å². The van der Waals surface area contributed by atoms with Crippen molar-refractivity contribution in [1.82, 2.24) is 0 Å². The Morgan fingerprint density at radius 3 is 2.50 bits per heavy atom. The van der Waals surface area contributed by atoms with E-state index in [-0.39, 0.29) is 12.3 Å². The molecular weight excluding hydrogens is 398 g/mol. The zero-order valence-electron chi connectivity index (χ0n) is 16.2. The van der Waals surface area contributed by atoms with Crippen LogP contribution in [0.4, 0.5) is 5.69 Å². The van der Waals surface area contributed by atoms with Gasteiger partial charge in [-0.2, -0.15) is 0 Å². The molecule has 30 heavy (non-hydrogen) atoms. The predicted molar refractivity (Wildman–Crippen MR) is 116 cm³/mol. The minimum absolute atomic E-state index is 0.179. The fourth-order valence-corrected chi connectivity index (χ4v) is 4.94. The normalized spacial score (nSPS) is 22.7. The summed E-state index contributed by atoms with van der Waals surface area (Å²) in [5.41, 5.74) is 1.57. The van der Waals surface area contributed by atoms with E-state index in [1.807, 2.05) is 48.5 Å². The number of hydrogen-bond acceptors (Lipinski definition) is 3. The SMILES string of the molecule is O=C1c2ccccc2CC[C@@H]1[C@]1(O)C(=O)N(Cc2ccccc2Cl)c2ccccc21. The van der Waals surface area contributed by atoms with Crippen LogP contribution in [0.2, 0.25) is 5.02 Å². The minimum Gasteiger partial charge on any atom is -0.375 e. The van der Waals surface area contributed by atoms with Gasteiger partial charge in [-0.3, -0.25) is 9.59 Å². The van der Waals surface area contributed by atoms with Gasteiger partial charge >= 0.3 is 0 Å². The maximum absolute atomic E-state index is 13.6. The first-order valence-electron chi connectivity index (χ1n) is 10.0. The molecule has 1 aliphatic carbocycles. The second kappa shape index (κ2) is 7.08. The average molecular weight is 418 g/mol. The highest BCUT2D eigenvalue weighted by atomic mass is 35.5. The van der Waals surface area contributed by atoms with Crippen LogP contribution < -0.4 is 4.90 Å². The van der Waals surface area contributed by atoms with Crippen LogP contribution in [0.15, 0.2) is 72.8 Å². The van der Waals surface area contributed by atoms with E-state index >= 15 is 0 Å². The van der Waals surface area contributed by atoms with Crippen LogP contribution in [0.3, 0.4) is 0 Å². The van der Waals surface area contributed by atoms with Crippen LogP contribution in [0.1, 0.15) is 33.5 Å². The number of amides is 1. The quantitative estimate of drug-likeness (QED) is 0.681. The first kappa shape index (κ1) is 19.0. The summed E-state index contributed by atoms with van der Waals surface area (Å²) in [6, 6.07) is 21.9. The number of hydrogen-bond donors (Lipinski definition) is 1. The van der Waals surface area contributed by atoms with Crippen molar-refractivity contribution in [3.8, 4) is 0 Å². The number of aryl methyl sites for hydroxylation is 1. The van der Waals surface area contributed by atoms with Gasteiger partial charge in [-0.25, -0.2) is 0 Å². The number of carbonyl (C=O) groups excluding carboxylic acids is 2. The van der Waals surface area contributed by atoms with Crippen LogP contribution in [-0.4, -0.2) is 16.8 Å². The molecule has 0 unspecified atom stereocenters. The standard InChI is InChI=1S/C25H20ClNO3/c26-21-11-5-2-8-17(21)15-27-22-12-6-4-10-19(22)25(30,24(27)29)20-14-13-16-7-1-3-9-18(16)23(20)28/h1-12,20,30H,13-15H2/t20-,25-/m0/s1. The molecule has 5 heteroatoms. The number of halogens is 1. The molecule has 1 amide bonds. The number of anilines is 1. The fourth-order valence-electron chi connectivity index (χ4n) is 4.75. The molecule has 1 N–H and O–H groups in total. The van der Waals surface area contributed by atoms with Crippen LogP contribution in [0, 0.1) is 5.92 Å².